The van der Waals surface area contributed by atoms with Crippen LogP contribution in [0, 0.1) is 5.92 Å². The predicted molar refractivity (Wildman–Crippen MR) is 69.3 cm³/mol. The quantitative estimate of drug-likeness (QED) is 0.738. The molecule has 2 rings (SSSR count). The Hall–Kier alpha value is 0.160. The van der Waals surface area contributed by atoms with Crippen LogP contribution in [-0.4, -0.2) is 48.6 Å². The molecule has 1 unspecified atom stereocenters. The van der Waals surface area contributed by atoms with Crippen molar-refractivity contribution in [2.24, 2.45) is 5.92 Å². The van der Waals surface area contributed by atoms with Gasteiger partial charge in [-0.1, -0.05) is 0 Å². The van der Waals surface area contributed by atoms with E-state index in [2.05, 4.69) is 0 Å². The molecule has 0 N–H and O–H groups in total. The van der Waals surface area contributed by atoms with E-state index >= 15 is 0 Å². The zero-order valence-electron chi connectivity index (χ0n) is 10.3. The van der Waals surface area contributed by atoms with Gasteiger partial charge in [-0.15, -0.1) is 11.6 Å². The molecule has 100 valence electrons. The van der Waals surface area contributed by atoms with Crippen molar-refractivity contribution in [3.8, 4) is 0 Å². The Balaban J connectivity index is 2.02. The molecule has 2 aliphatic rings. The third-order valence-electron chi connectivity index (χ3n) is 3.91. The number of rotatable bonds is 3. The van der Waals surface area contributed by atoms with Crippen molar-refractivity contribution >= 4 is 21.8 Å². The van der Waals surface area contributed by atoms with E-state index in [0.717, 1.165) is 25.7 Å². The highest BCUT2D eigenvalue weighted by Crippen LogP contribution is 2.26. The van der Waals surface area contributed by atoms with Gasteiger partial charge in [0.05, 0.1) is 0 Å². The fraction of sp³-hybridized carbons (Fsp3) is 1.00. The van der Waals surface area contributed by atoms with Crippen molar-refractivity contribution in [3.63, 3.8) is 0 Å². The first-order valence-corrected chi connectivity index (χ1v) is 8.31. The fourth-order valence-electron chi connectivity index (χ4n) is 2.69. The first-order chi connectivity index (χ1) is 8.05. The maximum atomic E-state index is 12.4. The summed E-state index contributed by atoms with van der Waals surface area (Å²) in [4.78, 5) is 0. The Labute approximate surface area is 109 Å². The predicted octanol–water partition coefficient (Wildman–Crippen LogP) is 1.67. The second-order valence-corrected chi connectivity index (χ2v) is 7.30. The molecule has 17 heavy (non-hydrogen) atoms. The van der Waals surface area contributed by atoms with Crippen molar-refractivity contribution in [1.29, 1.82) is 0 Å². The molecule has 1 atom stereocenters. The number of halogens is 1. The van der Waals surface area contributed by atoms with E-state index in [0.29, 0.717) is 31.4 Å². The lowest BCUT2D eigenvalue weighted by atomic mass is 10.0. The molecule has 0 saturated carbocycles. The zero-order valence-corrected chi connectivity index (χ0v) is 11.9. The summed E-state index contributed by atoms with van der Waals surface area (Å²) in [5.74, 6) is 1.13. The van der Waals surface area contributed by atoms with Crippen LogP contribution in [0.5, 0.6) is 0 Å². The first kappa shape index (κ1) is 13.6. The summed E-state index contributed by atoms with van der Waals surface area (Å²) in [7, 11) is -3.22. The topological polar surface area (TPSA) is 40.6 Å². The Kier molecular flexibility index (Phi) is 4.34. The monoisotopic (exact) mass is 280 g/mol. The molecule has 6 heteroatoms. The maximum Gasteiger partial charge on any atom is 0.282 e. The van der Waals surface area contributed by atoms with E-state index in [-0.39, 0.29) is 6.04 Å². The van der Waals surface area contributed by atoms with E-state index in [4.69, 9.17) is 11.6 Å². The Morgan fingerprint density at radius 2 is 1.82 bits per heavy atom. The molecular weight excluding hydrogens is 260 g/mol. The molecule has 0 amide bonds. The molecule has 2 saturated heterocycles. The zero-order chi connectivity index (χ0) is 12.5. The fourth-order valence-corrected chi connectivity index (χ4v) is 4.89. The number of hydrogen-bond acceptors (Lipinski definition) is 2. The summed E-state index contributed by atoms with van der Waals surface area (Å²) in [6, 6.07) is 0.158. The van der Waals surface area contributed by atoms with Gasteiger partial charge in [0.1, 0.15) is 0 Å². The lowest BCUT2D eigenvalue weighted by Crippen LogP contribution is -2.48. The van der Waals surface area contributed by atoms with E-state index in [1.807, 2.05) is 6.92 Å². The van der Waals surface area contributed by atoms with Gasteiger partial charge in [0.15, 0.2) is 0 Å². The maximum absolute atomic E-state index is 12.4. The van der Waals surface area contributed by atoms with Gasteiger partial charge >= 0.3 is 0 Å². The summed E-state index contributed by atoms with van der Waals surface area (Å²) in [5.41, 5.74) is 0. The van der Waals surface area contributed by atoms with Crippen molar-refractivity contribution < 1.29 is 8.42 Å². The second kappa shape index (κ2) is 5.43. The molecule has 4 nitrogen and oxygen atoms in total. The van der Waals surface area contributed by atoms with E-state index in [1.165, 1.54) is 0 Å². The van der Waals surface area contributed by atoms with Gasteiger partial charge in [-0.05, 0) is 38.5 Å². The van der Waals surface area contributed by atoms with Crippen LogP contribution in [0.1, 0.15) is 32.6 Å². The number of nitrogens with zero attached hydrogens (tertiary/aromatic N) is 2. The van der Waals surface area contributed by atoms with E-state index < -0.39 is 10.2 Å². The lowest BCUT2D eigenvalue weighted by Gasteiger charge is -2.34. The van der Waals surface area contributed by atoms with Crippen molar-refractivity contribution in [1.82, 2.24) is 8.61 Å². The first-order valence-electron chi connectivity index (χ1n) is 6.38. The highest BCUT2D eigenvalue weighted by atomic mass is 35.5. The summed E-state index contributed by atoms with van der Waals surface area (Å²) >= 11 is 5.81. The van der Waals surface area contributed by atoms with Gasteiger partial charge in [0.25, 0.3) is 10.2 Å². The molecule has 2 heterocycles. The summed E-state index contributed by atoms with van der Waals surface area (Å²) < 4.78 is 28.1. The number of hydrogen-bond donors (Lipinski definition) is 0. The Morgan fingerprint density at radius 1 is 1.18 bits per heavy atom. The highest BCUT2D eigenvalue weighted by molar-refractivity contribution is 7.86. The van der Waals surface area contributed by atoms with Crippen LogP contribution in [0.4, 0.5) is 0 Å². The summed E-state index contributed by atoms with van der Waals surface area (Å²) in [6.45, 7) is 3.93. The molecule has 0 aromatic carbocycles. The van der Waals surface area contributed by atoms with Gasteiger partial charge in [0.2, 0.25) is 0 Å². The Morgan fingerprint density at radius 3 is 2.29 bits per heavy atom. The Bertz CT molecular complexity index is 352. The average molecular weight is 281 g/mol. The summed E-state index contributed by atoms with van der Waals surface area (Å²) in [5, 5.41) is 0. The van der Waals surface area contributed by atoms with Gasteiger partial charge in [-0.3, -0.25) is 0 Å². The van der Waals surface area contributed by atoms with E-state index in [1.54, 1.807) is 8.61 Å². The molecule has 2 aliphatic heterocycles. The van der Waals surface area contributed by atoms with Crippen LogP contribution in [0.15, 0.2) is 0 Å². The third kappa shape index (κ3) is 2.78. The molecular formula is C11H21ClN2O2S. The molecule has 0 aliphatic carbocycles. The van der Waals surface area contributed by atoms with Crippen LogP contribution < -0.4 is 0 Å². The second-order valence-electron chi connectivity index (χ2n) is 5.11. The highest BCUT2D eigenvalue weighted by Gasteiger charge is 2.37. The van der Waals surface area contributed by atoms with Gasteiger partial charge in [0, 0.05) is 31.6 Å². The van der Waals surface area contributed by atoms with Crippen LogP contribution in [0.2, 0.25) is 0 Å². The molecule has 0 bridgehead atoms. The number of alkyl halides is 1. The third-order valence-corrected chi connectivity index (χ3v) is 6.50. The molecule has 0 aromatic rings. The van der Waals surface area contributed by atoms with Gasteiger partial charge in [-0.25, -0.2) is 0 Å². The average Bonchev–Trinajstić information content (AvgIpc) is 2.76. The standard InChI is InChI=1S/C11H21ClN2O2S/c1-10-3-2-6-14(10)17(15,16)13-7-4-11(9-12)5-8-13/h10-11H,2-9H2,1H3. The van der Waals surface area contributed by atoms with Crippen molar-refractivity contribution in [3.05, 3.63) is 0 Å². The minimum absolute atomic E-state index is 0.158. The van der Waals surface area contributed by atoms with Crippen molar-refractivity contribution in [2.75, 3.05) is 25.5 Å². The molecule has 2 fully saturated rings. The van der Waals surface area contributed by atoms with E-state index in [9.17, 15) is 8.42 Å². The number of piperidine rings is 1. The van der Waals surface area contributed by atoms with Crippen LogP contribution >= 0.6 is 11.6 Å². The molecule has 0 radical (unpaired) electrons. The van der Waals surface area contributed by atoms with Crippen LogP contribution in [0.25, 0.3) is 0 Å². The molecule has 0 spiro atoms. The largest absolute Gasteiger partial charge is 0.282 e. The van der Waals surface area contributed by atoms with Crippen LogP contribution in [-0.2, 0) is 10.2 Å². The normalized spacial score (nSPS) is 29.9. The SMILES string of the molecule is CC1CCCN1S(=O)(=O)N1CCC(CCl)CC1. The molecule has 0 aromatic heterocycles. The van der Waals surface area contributed by atoms with Crippen LogP contribution in [0.3, 0.4) is 0 Å². The minimum atomic E-state index is -3.22. The smallest absolute Gasteiger partial charge is 0.195 e. The van der Waals surface area contributed by atoms with Crippen molar-refractivity contribution in [2.45, 2.75) is 38.6 Å². The minimum Gasteiger partial charge on any atom is -0.195 e. The van der Waals surface area contributed by atoms with Gasteiger partial charge in [-0.2, -0.15) is 17.0 Å². The lowest BCUT2D eigenvalue weighted by molar-refractivity contribution is 0.264. The summed E-state index contributed by atoms with van der Waals surface area (Å²) in [6.07, 6.45) is 3.76. The van der Waals surface area contributed by atoms with Gasteiger partial charge < -0.3 is 0 Å².